The van der Waals surface area contributed by atoms with Crippen LogP contribution in [0.5, 0.6) is 0 Å². The van der Waals surface area contributed by atoms with Crippen LogP contribution >= 0.6 is 0 Å². The monoisotopic (exact) mass is 1260 g/mol. The zero-order valence-electron chi connectivity index (χ0n) is 49.1. The average Bonchev–Trinajstić information content (AvgIpc) is 1.25. The van der Waals surface area contributed by atoms with E-state index in [1.807, 2.05) is 0 Å². The lowest BCUT2D eigenvalue weighted by Crippen LogP contribution is -2.28. The lowest BCUT2D eigenvalue weighted by molar-refractivity contribution is 0.0543. The second kappa shape index (κ2) is 27.8. The van der Waals surface area contributed by atoms with Crippen LogP contribution in [0.3, 0.4) is 0 Å². The molecule has 1 aromatic carbocycles. The third-order valence-electron chi connectivity index (χ3n) is 13.0. The highest BCUT2D eigenvalue weighted by Crippen LogP contribution is 2.36. The predicted molar refractivity (Wildman–Crippen MR) is 277 cm³/mol. The van der Waals surface area contributed by atoms with Gasteiger partial charge in [0.15, 0.2) is 34.2 Å². The van der Waals surface area contributed by atoms with Crippen molar-refractivity contribution in [3.8, 4) is 0 Å². The molecular weight excluding hydrogens is 1210 g/mol. The van der Waals surface area contributed by atoms with Crippen LogP contribution in [0.2, 0.25) is 0 Å². The van der Waals surface area contributed by atoms with Crippen molar-refractivity contribution in [2.45, 2.75) is 39.3 Å². The van der Waals surface area contributed by atoms with E-state index in [4.69, 9.17) is 56.8 Å². The second-order valence-electron chi connectivity index (χ2n) is 17.4. The first-order valence-electron chi connectivity index (χ1n) is 24.9. The van der Waals surface area contributed by atoms with Crippen LogP contribution in [0, 0.1) is 0 Å². The van der Waals surface area contributed by atoms with Crippen molar-refractivity contribution < 1.29 is 114 Å². The van der Waals surface area contributed by atoms with E-state index >= 15 is 0 Å². The van der Waals surface area contributed by atoms with Gasteiger partial charge in [-0.2, -0.15) is 0 Å². The Labute approximate surface area is 501 Å². The van der Waals surface area contributed by atoms with Crippen molar-refractivity contribution in [1.29, 1.82) is 0 Å². The summed E-state index contributed by atoms with van der Waals surface area (Å²) < 4.78 is 64.7. The summed E-state index contributed by atoms with van der Waals surface area (Å²) in [5, 5.41) is 48.1. The number of esters is 12. The fourth-order valence-electron chi connectivity index (χ4n) is 8.88. The van der Waals surface area contributed by atoms with Crippen molar-refractivity contribution in [1.82, 2.24) is 90.0 Å². The molecule has 0 aliphatic heterocycles. The Morgan fingerprint density at radius 2 is 0.322 bits per heavy atom. The van der Waals surface area contributed by atoms with Gasteiger partial charge in [0.2, 0.25) is 34.2 Å². The van der Waals surface area contributed by atoms with Crippen molar-refractivity contribution >= 4 is 71.6 Å². The lowest BCUT2D eigenvalue weighted by atomic mass is 9.85. The summed E-state index contributed by atoms with van der Waals surface area (Å²) in [7, 11) is 11.2. The largest absolute Gasteiger partial charge is 0.464 e. The third kappa shape index (κ3) is 12.2. The topological polar surface area (TPSA) is 500 Å². The number of carbonyl (C=O) groups excluding carboxylic acids is 12. The first-order valence-corrected chi connectivity index (χ1v) is 24.9. The Hall–Kier alpha value is -12.3. The van der Waals surface area contributed by atoms with E-state index in [1.165, 1.54) is 0 Å². The molecule has 0 aliphatic rings. The summed E-state index contributed by atoms with van der Waals surface area (Å²) >= 11 is 0. The molecule has 6 aromatic heterocycles. The van der Waals surface area contributed by atoms with Gasteiger partial charge in [0.1, 0.15) is 0 Å². The van der Waals surface area contributed by atoms with Crippen LogP contribution in [-0.4, -0.2) is 247 Å². The van der Waals surface area contributed by atoms with Crippen LogP contribution in [-0.2, 0) is 96.1 Å². The van der Waals surface area contributed by atoms with Gasteiger partial charge in [-0.05, 0) is 33.4 Å². The predicted octanol–water partition coefficient (Wildman–Crippen LogP) is -3.04. The van der Waals surface area contributed by atoms with Crippen LogP contribution in [0.25, 0.3) is 0 Å². The Balaban J connectivity index is 1.87. The van der Waals surface area contributed by atoms with Gasteiger partial charge in [0.05, 0.1) is 125 Å². The Morgan fingerprint density at radius 3 is 0.422 bits per heavy atom. The minimum atomic E-state index is -1.29. The fraction of sp³-hybridized carbons (Fsp3) is 0.375. The molecule has 90 heavy (non-hydrogen) atoms. The molecule has 0 N–H and O–H groups in total. The third-order valence-corrected chi connectivity index (χ3v) is 13.0. The summed E-state index contributed by atoms with van der Waals surface area (Å²) in [5.41, 5.74) is -10.8. The average molecular weight is 1260 g/mol. The van der Waals surface area contributed by atoms with E-state index in [2.05, 4.69) is 61.9 Å². The van der Waals surface area contributed by atoms with Gasteiger partial charge in [-0.3, -0.25) is 0 Å². The molecule has 0 saturated carbocycles. The molecule has 7 aromatic rings. The first-order chi connectivity index (χ1) is 43.1. The van der Waals surface area contributed by atoms with Gasteiger partial charge in [-0.15, -0.1) is 30.6 Å². The maximum absolute atomic E-state index is 14.0. The SMILES string of the molecule is COC(=O)c1nnn(Cc2c(Cn3nnc(C(=O)OC)c3C(=O)OC)c(Cn3nnc(C(=O)OC)c3C(=O)OC)c(Cn3nnc(C(=O)OC)c3C(=O)OC)c(Cn3nnc(C(=O)OC)c3C(=O)OC)c2Cn2nnc(C(=O)OC)c2C(=O)OC)c1C(=O)OC. The summed E-state index contributed by atoms with van der Waals surface area (Å²) in [4.78, 5) is 165. The molecule has 6 heterocycles. The number of hydrogen-bond donors (Lipinski definition) is 0. The van der Waals surface area contributed by atoms with Crippen molar-refractivity contribution in [2.75, 3.05) is 85.3 Å². The molecule has 0 amide bonds. The van der Waals surface area contributed by atoms with E-state index in [9.17, 15) is 57.5 Å². The number of hydrogen-bond acceptors (Lipinski definition) is 36. The maximum atomic E-state index is 14.0. The van der Waals surface area contributed by atoms with Crippen molar-refractivity contribution in [3.05, 3.63) is 102 Å². The normalized spacial score (nSPS) is 10.8. The second-order valence-corrected chi connectivity index (χ2v) is 17.4. The summed E-state index contributed by atoms with van der Waals surface area (Å²) in [6, 6.07) is 0. The molecule has 0 saturated heterocycles. The summed E-state index contributed by atoms with van der Waals surface area (Å²) in [6.07, 6.45) is 0. The number of aromatic nitrogens is 18. The van der Waals surface area contributed by atoms with E-state index in [0.717, 1.165) is 113 Å². The summed E-state index contributed by atoms with van der Waals surface area (Å²) in [6.45, 7) is -5.64. The van der Waals surface area contributed by atoms with Crippen LogP contribution < -0.4 is 0 Å². The van der Waals surface area contributed by atoms with Crippen molar-refractivity contribution in [2.24, 2.45) is 0 Å². The highest BCUT2D eigenvalue weighted by atomic mass is 16.6. The molecule has 42 nitrogen and oxygen atoms in total. The molecule has 0 unspecified atom stereocenters. The van der Waals surface area contributed by atoms with E-state index in [1.54, 1.807) is 0 Å². The van der Waals surface area contributed by atoms with E-state index < -0.39 is 179 Å². The Bertz CT molecular complexity index is 3390. The van der Waals surface area contributed by atoms with Gasteiger partial charge < -0.3 is 56.8 Å². The zero-order chi connectivity index (χ0) is 66.0. The lowest BCUT2D eigenvalue weighted by Gasteiger charge is -2.28. The Morgan fingerprint density at radius 1 is 0.211 bits per heavy atom. The molecule has 0 atom stereocenters. The highest BCUT2D eigenvalue weighted by molar-refractivity contribution is 6.04. The van der Waals surface area contributed by atoms with Gasteiger partial charge in [-0.1, -0.05) is 31.3 Å². The van der Waals surface area contributed by atoms with E-state index in [0.29, 0.717) is 0 Å². The molecular formula is C48H48N18O24. The maximum Gasteiger partial charge on any atom is 0.361 e. The van der Waals surface area contributed by atoms with Crippen LogP contribution in [0.1, 0.15) is 159 Å². The molecule has 0 fully saturated rings. The molecule has 42 heteroatoms. The van der Waals surface area contributed by atoms with Crippen LogP contribution in [0.4, 0.5) is 0 Å². The molecule has 474 valence electrons. The minimum Gasteiger partial charge on any atom is -0.464 e. The molecule has 0 aliphatic carbocycles. The van der Waals surface area contributed by atoms with Gasteiger partial charge >= 0.3 is 71.6 Å². The van der Waals surface area contributed by atoms with Gasteiger partial charge in [-0.25, -0.2) is 85.6 Å². The standard InChI is InChI=1S/C48H48N18O24/c1-79-37(67)25-31(43(73)85-7)61(55-49-25)13-19-20(14-62-32(44(74)86-8)26(50-56-62)38(68)80-2)22(16-64-34(46(76)88-10)28(52-58-64)40(70)82-4)24(18-66-36(48(78)90-12)30(54-60-66)42(72)84-6)23(17-65-35(47(77)89-11)29(53-59-65)41(71)83-5)21(19)15-63-33(45(75)87-9)27(51-57-63)39(69)81-3/h13-18H2,1-12H3. The number of ether oxygens (including phenoxy) is 12. The number of rotatable bonds is 24. The quantitative estimate of drug-likeness (QED) is 0.0429. The van der Waals surface area contributed by atoms with E-state index in [-0.39, 0.29) is 33.4 Å². The minimum absolute atomic E-state index is 0.310. The first kappa shape index (κ1) is 65.2. The fourth-order valence-corrected chi connectivity index (χ4v) is 8.88. The molecule has 7 rings (SSSR count). The summed E-state index contributed by atoms with van der Waals surface area (Å²) in [5.74, 6) is -15.2. The number of carbonyl (C=O) groups is 12. The zero-order valence-corrected chi connectivity index (χ0v) is 49.1. The number of methoxy groups -OCH3 is 12. The number of benzene rings is 1. The molecule has 0 radical (unpaired) electrons. The highest BCUT2D eigenvalue weighted by Gasteiger charge is 2.39. The molecule has 0 spiro atoms. The number of nitrogens with zero attached hydrogens (tertiary/aromatic N) is 18. The van der Waals surface area contributed by atoms with Crippen molar-refractivity contribution in [3.63, 3.8) is 0 Å². The smallest absolute Gasteiger partial charge is 0.361 e. The molecule has 0 bridgehead atoms. The van der Waals surface area contributed by atoms with Crippen LogP contribution in [0.15, 0.2) is 0 Å². The van der Waals surface area contributed by atoms with Gasteiger partial charge in [0.25, 0.3) is 0 Å². The van der Waals surface area contributed by atoms with Gasteiger partial charge in [0, 0.05) is 0 Å². The Kier molecular flexibility index (Phi) is 20.2.